The second-order valence-electron chi connectivity index (χ2n) is 5.86. The molecule has 138 valence electrons. The van der Waals surface area contributed by atoms with Gasteiger partial charge in [-0.05, 0) is 38.1 Å². The Balaban J connectivity index is 1.46. The lowest BCUT2D eigenvalue weighted by atomic mass is 10.2. The van der Waals surface area contributed by atoms with E-state index in [9.17, 15) is 4.39 Å². The van der Waals surface area contributed by atoms with Gasteiger partial charge in [0, 0.05) is 49.2 Å². The molecule has 0 bridgehead atoms. The largest absolute Gasteiger partial charge is 0.444 e. The number of halogens is 1. The third-order valence-corrected chi connectivity index (χ3v) is 5.13. The van der Waals surface area contributed by atoms with E-state index in [4.69, 9.17) is 4.42 Å². The van der Waals surface area contributed by atoms with Crippen molar-refractivity contribution in [1.82, 2.24) is 15.3 Å². The lowest BCUT2D eigenvalue weighted by molar-refractivity contribution is 0.571. The summed E-state index contributed by atoms with van der Waals surface area (Å²) >= 11 is 1.73. The number of benzene rings is 1. The molecule has 5 nitrogen and oxygen atoms in total. The molecule has 1 aromatic carbocycles. The average molecular weight is 374 g/mol. The zero-order chi connectivity index (χ0) is 18.4. The first-order chi connectivity index (χ1) is 12.7. The van der Waals surface area contributed by atoms with E-state index in [1.54, 1.807) is 29.7 Å². The van der Waals surface area contributed by atoms with Gasteiger partial charge in [0.15, 0.2) is 5.13 Å². The van der Waals surface area contributed by atoms with Crippen LogP contribution in [0.5, 0.6) is 0 Å². The number of nitrogens with one attached hydrogen (secondary N) is 1. The molecule has 0 fully saturated rings. The second kappa shape index (κ2) is 8.91. The first-order valence-corrected chi connectivity index (χ1v) is 9.62. The molecule has 0 aliphatic rings. The van der Waals surface area contributed by atoms with E-state index in [-0.39, 0.29) is 5.82 Å². The van der Waals surface area contributed by atoms with Gasteiger partial charge in [0.2, 0.25) is 5.89 Å². The van der Waals surface area contributed by atoms with Crippen LogP contribution in [0.15, 0.2) is 41.1 Å². The summed E-state index contributed by atoms with van der Waals surface area (Å²) in [7, 11) is 0. The van der Waals surface area contributed by atoms with Crippen molar-refractivity contribution in [2.24, 2.45) is 0 Å². The van der Waals surface area contributed by atoms with Gasteiger partial charge in [-0.3, -0.25) is 0 Å². The van der Waals surface area contributed by atoms with Crippen molar-refractivity contribution in [3.05, 3.63) is 53.1 Å². The molecule has 3 aromatic rings. The molecule has 2 heterocycles. The van der Waals surface area contributed by atoms with Gasteiger partial charge >= 0.3 is 0 Å². The van der Waals surface area contributed by atoms with Gasteiger partial charge in [-0.15, -0.1) is 11.3 Å². The Kier molecular flexibility index (Phi) is 6.35. The minimum atomic E-state index is -0.267. The fraction of sp³-hybridized carbons (Fsp3) is 0.368. The van der Waals surface area contributed by atoms with Crippen LogP contribution >= 0.6 is 11.3 Å². The van der Waals surface area contributed by atoms with Crippen LogP contribution in [0.1, 0.15) is 24.4 Å². The molecule has 0 saturated carbocycles. The fourth-order valence-corrected chi connectivity index (χ4v) is 3.60. The van der Waals surface area contributed by atoms with E-state index >= 15 is 0 Å². The smallest absolute Gasteiger partial charge is 0.226 e. The predicted molar refractivity (Wildman–Crippen MR) is 103 cm³/mol. The average Bonchev–Trinajstić information content (AvgIpc) is 3.30. The van der Waals surface area contributed by atoms with Crippen molar-refractivity contribution >= 4 is 16.5 Å². The molecule has 1 N–H and O–H groups in total. The highest BCUT2D eigenvalue weighted by Crippen LogP contribution is 2.22. The number of aromatic nitrogens is 2. The molecule has 7 heteroatoms. The highest BCUT2D eigenvalue weighted by molar-refractivity contribution is 7.15. The summed E-state index contributed by atoms with van der Waals surface area (Å²) in [6, 6.07) is 6.14. The number of thiazole rings is 1. The molecule has 0 unspecified atom stereocenters. The zero-order valence-electron chi connectivity index (χ0n) is 15.0. The van der Waals surface area contributed by atoms with Crippen LogP contribution in [0.25, 0.3) is 11.5 Å². The molecule has 0 aliphatic heterocycles. The SMILES string of the molecule is CCN(CC)c1ncc(CNCCc2coc(-c3ccc(F)cc3)n2)s1. The number of anilines is 1. The summed E-state index contributed by atoms with van der Waals surface area (Å²) < 4.78 is 18.5. The lowest BCUT2D eigenvalue weighted by Crippen LogP contribution is -2.21. The van der Waals surface area contributed by atoms with Crippen molar-refractivity contribution in [3.63, 3.8) is 0 Å². The molecule has 0 saturated heterocycles. The Bertz CT molecular complexity index is 811. The van der Waals surface area contributed by atoms with Crippen molar-refractivity contribution in [3.8, 4) is 11.5 Å². The number of hydrogen-bond donors (Lipinski definition) is 1. The summed E-state index contributed by atoms with van der Waals surface area (Å²) in [6.07, 6.45) is 4.37. The molecular weight excluding hydrogens is 351 g/mol. The van der Waals surface area contributed by atoms with Crippen LogP contribution in [-0.4, -0.2) is 29.6 Å². The van der Waals surface area contributed by atoms with Gasteiger partial charge < -0.3 is 14.6 Å². The maximum Gasteiger partial charge on any atom is 0.226 e. The van der Waals surface area contributed by atoms with Gasteiger partial charge in [0.05, 0.1) is 5.69 Å². The molecule has 26 heavy (non-hydrogen) atoms. The molecular formula is C19H23FN4OS. The maximum absolute atomic E-state index is 13.0. The van der Waals surface area contributed by atoms with Gasteiger partial charge in [0.25, 0.3) is 0 Å². The van der Waals surface area contributed by atoms with Crippen LogP contribution in [0.3, 0.4) is 0 Å². The predicted octanol–water partition coefficient (Wildman–Crippen LogP) is 4.12. The Morgan fingerprint density at radius 1 is 1.19 bits per heavy atom. The van der Waals surface area contributed by atoms with E-state index in [2.05, 4.69) is 34.0 Å². The van der Waals surface area contributed by atoms with Crippen molar-refractivity contribution < 1.29 is 8.81 Å². The highest BCUT2D eigenvalue weighted by atomic mass is 32.1. The van der Waals surface area contributed by atoms with Gasteiger partial charge in [-0.2, -0.15) is 0 Å². The normalized spacial score (nSPS) is 11.0. The maximum atomic E-state index is 13.0. The number of oxazole rings is 1. The van der Waals surface area contributed by atoms with Crippen molar-refractivity contribution in [2.45, 2.75) is 26.8 Å². The quantitative estimate of drug-likeness (QED) is 0.571. The Labute approximate surface area is 156 Å². The molecule has 0 radical (unpaired) electrons. The topological polar surface area (TPSA) is 54.2 Å². The summed E-state index contributed by atoms with van der Waals surface area (Å²) in [4.78, 5) is 12.4. The van der Waals surface area contributed by atoms with Crippen LogP contribution < -0.4 is 10.2 Å². The molecule has 2 aromatic heterocycles. The third-order valence-electron chi connectivity index (χ3n) is 4.08. The first kappa shape index (κ1) is 18.5. The molecule has 0 aliphatic carbocycles. The monoisotopic (exact) mass is 374 g/mol. The van der Waals surface area contributed by atoms with E-state index in [1.165, 1.54) is 17.0 Å². The zero-order valence-corrected chi connectivity index (χ0v) is 15.9. The summed E-state index contributed by atoms with van der Waals surface area (Å²) in [6.45, 7) is 7.82. The molecule has 0 spiro atoms. The lowest BCUT2D eigenvalue weighted by Gasteiger charge is -2.16. The van der Waals surface area contributed by atoms with E-state index in [0.717, 1.165) is 49.0 Å². The van der Waals surface area contributed by atoms with Crippen molar-refractivity contribution in [2.75, 3.05) is 24.5 Å². The molecule has 3 rings (SSSR count). The number of rotatable bonds is 9. The van der Waals surface area contributed by atoms with Crippen LogP contribution in [0.2, 0.25) is 0 Å². The molecule has 0 atom stereocenters. The minimum absolute atomic E-state index is 0.267. The van der Waals surface area contributed by atoms with Crippen molar-refractivity contribution in [1.29, 1.82) is 0 Å². The van der Waals surface area contributed by atoms with E-state index in [1.807, 2.05) is 6.20 Å². The van der Waals surface area contributed by atoms with Crippen LogP contribution in [0.4, 0.5) is 9.52 Å². The van der Waals surface area contributed by atoms with Gasteiger partial charge in [0.1, 0.15) is 12.1 Å². The van der Waals surface area contributed by atoms with Crippen LogP contribution in [-0.2, 0) is 13.0 Å². The fourth-order valence-electron chi connectivity index (χ4n) is 2.59. The second-order valence-corrected chi connectivity index (χ2v) is 6.95. The third kappa shape index (κ3) is 4.68. The Morgan fingerprint density at radius 3 is 2.69 bits per heavy atom. The van der Waals surface area contributed by atoms with E-state index < -0.39 is 0 Å². The van der Waals surface area contributed by atoms with E-state index in [0.29, 0.717) is 5.89 Å². The highest BCUT2D eigenvalue weighted by Gasteiger charge is 2.09. The number of nitrogens with zero attached hydrogens (tertiary/aromatic N) is 3. The van der Waals surface area contributed by atoms with Gasteiger partial charge in [-0.1, -0.05) is 0 Å². The molecule has 0 amide bonds. The van der Waals surface area contributed by atoms with Gasteiger partial charge in [-0.25, -0.2) is 14.4 Å². The summed E-state index contributed by atoms with van der Waals surface area (Å²) in [5.74, 6) is 0.253. The summed E-state index contributed by atoms with van der Waals surface area (Å²) in [5.41, 5.74) is 1.66. The minimum Gasteiger partial charge on any atom is -0.444 e. The standard InChI is InChI=1S/C19H23FN4OS/c1-3-24(4-2)19-22-12-17(26-19)11-21-10-9-16-13-25-18(23-16)14-5-7-15(20)8-6-14/h5-8,12-13,21H,3-4,9-11H2,1-2H3. The first-order valence-electron chi connectivity index (χ1n) is 8.80. The Hall–Kier alpha value is -2.25. The summed E-state index contributed by atoms with van der Waals surface area (Å²) in [5, 5.41) is 4.49. The number of hydrogen-bond acceptors (Lipinski definition) is 6. The Morgan fingerprint density at radius 2 is 1.96 bits per heavy atom. The van der Waals surface area contributed by atoms with Crippen LogP contribution in [0, 0.1) is 5.82 Å².